The number of carbonyl (C=O) groups excluding carboxylic acids is 2. The second-order valence-electron chi connectivity index (χ2n) is 8.87. The number of hydrogen-bond acceptors (Lipinski definition) is 5. The molecule has 0 spiro atoms. The van der Waals surface area contributed by atoms with Gasteiger partial charge in [0.2, 0.25) is 0 Å². The summed E-state index contributed by atoms with van der Waals surface area (Å²) >= 11 is 0. The van der Waals surface area contributed by atoms with Crippen LogP contribution in [0, 0.1) is 0 Å². The van der Waals surface area contributed by atoms with Gasteiger partial charge >= 0.3 is 12.2 Å². The third-order valence-electron chi connectivity index (χ3n) is 3.48. The van der Waals surface area contributed by atoms with E-state index >= 15 is 0 Å². The van der Waals surface area contributed by atoms with Crippen molar-refractivity contribution >= 4 is 18.0 Å². The second kappa shape index (κ2) is 7.88. The lowest BCUT2D eigenvalue weighted by molar-refractivity contribution is -0.0707. The number of amidine groups is 1. The SMILES string of the molecule is CC=CC1OC(C)(C)N(C(=O)OC(C)(C)C)C1C(N)=NC(=O)OC(C)(C)C. The molecule has 2 N–H and O–H groups in total. The van der Waals surface area contributed by atoms with Crippen molar-refractivity contribution in [3.63, 3.8) is 0 Å². The van der Waals surface area contributed by atoms with Crippen molar-refractivity contribution in [3.05, 3.63) is 12.2 Å². The monoisotopic (exact) mass is 383 g/mol. The van der Waals surface area contributed by atoms with E-state index in [1.165, 1.54) is 4.90 Å². The first-order chi connectivity index (χ1) is 12.1. The minimum Gasteiger partial charge on any atom is -0.444 e. The summed E-state index contributed by atoms with van der Waals surface area (Å²) in [6.07, 6.45) is 1.53. The summed E-state index contributed by atoms with van der Waals surface area (Å²) in [5.41, 5.74) is 3.70. The van der Waals surface area contributed by atoms with Crippen molar-refractivity contribution in [2.24, 2.45) is 10.7 Å². The Kier molecular flexibility index (Phi) is 6.70. The molecule has 1 rings (SSSR count). The highest BCUT2D eigenvalue weighted by atomic mass is 16.6. The van der Waals surface area contributed by atoms with Crippen LogP contribution < -0.4 is 5.73 Å². The molecule has 27 heavy (non-hydrogen) atoms. The summed E-state index contributed by atoms with van der Waals surface area (Å²) in [6, 6.07) is -0.807. The largest absolute Gasteiger partial charge is 0.444 e. The quantitative estimate of drug-likeness (QED) is 0.444. The van der Waals surface area contributed by atoms with Gasteiger partial charge in [0.25, 0.3) is 0 Å². The van der Waals surface area contributed by atoms with Crippen LogP contribution in [0.4, 0.5) is 9.59 Å². The molecule has 0 aliphatic carbocycles. The van der Waals surface area contributed by atoms with Crippen LogP contribution in [0.1, 0.15) is 62.3 Å². The van der Waals surface area contributed by atoms with Gasteiger partial charge in [-0.3, -0.25) is 4.90 Å². The van der Waals surface area contributed by atoms with E-state index in [1.54, 1.807) is 67.5 Å². The van der Waals surface area contributed by atoms with Gasteiger partial charge in [0.05, 0.1) is 0 Å². The predicted molar refractivity (Wildman–Crippen MR) is 103 cm³/mol. The molecule has 154 valence electrons. The highest BCUT2D eigenvalue weighted by Crippen LogP contribution is 2.34. The van der Waals surface area contributed by atoms with Gasteiger partial charge in [-0.1, -0.05) is 12.2 Å². The summed E-state index contributed by atoms with van der Waals surface area (Å²) in [5, 5.41) is 0. The molecule has 1 aliphatic rings. The lowest BCUT2D eigenvalue weighted by Gasteiger charge is -2.34. The average molecular weight is 383 g/mol. The number of nitrogens with zero attached hydrogens (tertiary/aromatic N) is 2. The van der Waals surface area contributed by atoms with E-state index in [1.807, 2.05) is 6.92 Å². The molecule has 2 amide bonds. The fourth-order valence-corrected chi connectivity index (χ4v) is 2.67. The van der Waals surface area contributed by atoms with E-state index in [-0.39, 0.29) is 5.84 Å². The molecule has 0 bridgehead atoms. The number of ether oxygens (including phenoxy) is 3. The standard InChI is InChI=1S/C19H33N3O5/c1-10-11-12-13(14(20)21-15(23)26-17(2,3)4)22(19(8,9)25-12)16(24)27-18(5,6)7/h10-13H,1-9H3,(H2,20,21,23). The Labute approximate surface area is 161 Å². The summed E-state index contributed by atoms with van der Waals surface area (Å²) in [4.78, 5) is 30.1. The molecule has 0 aromatic carbocycles. The lowest BCUT2D eigenvalue weighted by atomic mass is 10.1. The molecule has 1 saturated heterocycles. The number of amides is 2. The Hall–Kier alpha value is -2.09. The number of hydrogen-bond donors (Lipinski definition) is 1. The van der Waals surface area contributed by atoms with E-state index in [9.17, 15) is 9.59 Å². The third kappa shape index (κ3) is 6.53. The molecular weight excluding hydrogens is 350 g/mol. The van der Waals surface area contributed by atoms with Gasteiger partial charge in [-0.2, -0.15) is 4.99 Å². The van der Waals surface area contributed by atoms with Crippen LogP contribution in [0.2, 0.25) is 0 Å². The minimum absolute atomic E-state index is 0.0798. The second-order valence-corrected chi connectivity index (χ2v) is 8.87. The van der Waals surface area contributed by atoms with Crippen LogP contribution >= 0.6 is 0 Å². The minimum atomic E-state index is -1.01. The van der Waals surface area contributed by atoms with Crippen LogP contribution in [0.25, 0.3) is 0 Å². The van der Waals surface area contributed by atoms with E-state index < -0.39 is 41.3 Å². The number of aliphatic imine (C=N–C) groups is 1. The smallest absolute Gasteiger partial charge is 0.435 e. The van der Waals surface area contributed by atoms with Crippen LogP contribution in [0.3, 0.4) is 0 Å². The van der Waals surface area contributed by atoms with E-state index in [2.05, 4.69) is 4.99 Å². The van der Waals surface area contributed by atoms with Gasteiger partial charge < -0.3 is 19.9 Å². The molecule has 8 heteroatoms. The van der Waals surface area contributed by atoms with Gasteiger partial charge in [0, 0.05) is 0 Å². The molecule has 0 saturated carbocycles. The fraction of sp³-hybridized carbons (Fsp3) is 0.737. The van der Waals surface area contributed by atoms with Crippen molar-refractivity contribution < 1.29 is 23.8 Å². The van der Waals surface area contributed by atoms with Crippen LogP contribution in [-0.4, -0.2) is 52.0 Å². The average Bonchev–Trinajstić information content (AvgIpc) is 2.65. The first kappa shape index (κ1) is 23.0. The van der Waals surface area contributed by atoms with Gasteiger partial charge in [-0.05, 0) is 62.3 Å². The number of nitrogens with two attached hydrogens (primary N) is 1. The van der Waals surface area contributed by atoms with Crippen LogP contribution in [0.5, 0.6) is 0 Å². The first-order valence-electron chi connectivity index (χ1n) is 8.97. The predicted octanol–water partition coefficient (Wildman–Crippen LogP) is 3.60. The Morgan fingerprint density at radius 2 is 1.63 bits per heavy atom. The topological polar surface area (TPSA) is 103 Å². The van der Waals surface area contributed by atoms with E-state index in [0.29, 0.717) is 0 Å². The summed E-state index contributed by atoms with van der Waals surface area (Å²) < 4.78 is 16.7. The molecule has 1 heterocycles. The first-order valence-corrected chi connectivity index (χ1v) is 8.97. The maximum atomic E-state index is 12.8. The fourth-order valence-electron chi connectivity index (χ4n) is 2.67. The van der Waals surface area contributed by atoms with E-state index in [0.717, 1.165) is 0 Å². The molecule has 0 aromatic heterocycles. The highest BCUT2D eigenvalue weighted by Gasteiger charge is 2.52. The van der Waals surface area contributed by atoms with Gasteiger partial charge in [0.1, 0.15) is 34.9 Å². The third-order valence-corrected chi connectivity index (χ3v) is 3.48. The normalized spacial score (nSPS) is 23.6. The Balaban J connectivity index is 3.28. The zero-order valence-electron chi connectivity index (χ0n) is 17.8. The van der Waals surface area contributed by atoms with Crippen molar-refractivity contribution in [1.29, 1.82) is 0 Å². The zero-order valence-corrected chi connectivity index (χ0v) is 17.8. The van der Waals surface area contributed by atoms with Crippen molar-refractivity contribution in [1.82, 2.24) is 4.90 Å². The Morgan fingerprint density at radius 3 is 2.07 bits per heavy atom. The van der Waals surface area contributed by atoms with Gasteiger partial charge in [-0.15, -0.1) is 0 Å². The molecule has 2 unspecified atom stereocenters. The maximum absolute atomic E-state index is 12.8. The molecule has 8 nitrogen and oxygen atoms in total. The number of carbonyl (C=O) groups is 2. The molecule has 0 radical (unpaired) electrons. The van der Waals surface area contributed by atoms with Gasteiger partial charge in [0.15, 0.2) is 0 Å². The van der Waals surface area contributed by atoms with Crippen molar-refractivity contribution in [2.75, 3.05) is 0 Å². The van der Waals surface area contributed by atoms with Crippen molar-refractivity contribution in [3.8, 4) is 0 Å². The van der Waals surface area contributed by atoms with Crippen LogP contribution in [0.15, 0.2) is 17.1 Å². The maximum Gasteiger partial charge on any atom is 0.435 e. The lowest BCUT2D eigenvalue weighted by Crippen LogP contribution is -2.54. The Bertz CT molecular complexity index is 626. The van der Waals surface area contributed by atoms with Gasteiger partial charge in [-0.25, -0.2) is 9.59 Å². The Morgan fingerprint density at radius 1 is 1.11 bits per heavy atom. The van der Waals surface area contributed by atoms with E-state index in [4.69, 9.17) is 19.9 Å². The summed E-state index contributed by atoms with van der Waals surface area (Å²) in [5.74, 6) is -0.0798. The number of allylic oxidation sites excluding steroid dienone is 1. The molecule has 1 fully saturated rings. The van der Waals surface area contributed by atoms with Crippen LogP contribution in [-0.2, 0) is 14.2 Å². The summed E-state index contributed by atoms with van der Waals surface area (Å²) in [6.45, 7) is 15.8. The van der Waals surface area contributed by atoms with Crippen molar-refractivity contribution in [2.45, 2.75) is 91.4 Å². The molecular formula is C19H33N3O5. The molecule has 1 aliphatic heterocycles. The number of rotatable bonds is 2. The highest BCUT2D eigenvalue weighted by molar-refractivity contribution is 5.97. The summed E-state index contributed by atoms with van der Waals surface area (Å²) in [7, 11) is 0. The zero-order chi connectivity index (χ0) is 21.2. The molecule has 2 atom stereocenters. The molecule has 0 aromatic rings.